The quantitative estimate of drug-likeness (QED) is 0.272. The zero-order chi connectivity index (χ0) is 35.1. The number of hydrogen-bond acceptors (Lipinski definition) is 7. The van der Waals surface area contributed by atoms with E-state index in [0.29, 0.717) is 45.3 Å². The fourth-order valence-corrected chi connectivity index (χ4v) is 6.26. The maximum absolute atomic E-state index is 13.6. The fraction of sp³-hybridized carbons (Fsp3) is 0.528. The Hall–Kier alpha value is -4.29. The molecule has 0 aromatic heterocycles. The SMILES string of the molecule is C[C@@H](C(=O)N1Cc2ccccc2C[C@H]1C(=O)NCCCC[C@H](NC(=O)[C@@H]1Cc2ccccc2CN1C(=O)[C@H](C)N(C)C)C(N)=O)N(C)C. The van der Waals surface area contributed by atoms with Crippen LogP contribution < -0.4 is 16.4 Å². The Kier molecular flexibility index (Phi) is 12.3. The van der Waals surface area contributed by atoms with E-state index in [-0.39, 0.29) is 30.2 Å². The molecule has 5 atom stereocenters. The smallest absolute Gasteiger partial charge is 0.243 e. The number of rotatable bonds is 13. The van der Waals surface area contributed by atoms with E-state index < -0.39 is 36.0 Å². The summed E-state index contributed by atoms with van der Waals surface area (Å²) in [5.41, 5.74) is 9.78. The van der Waals surface area contributed by atoms with E-state index in [1.165, 1.54) is 0 Å². The first-order chi connectivity index (χ1) is 22.8. The largest absolute Gasteiger partial charge is 0.368 e. The van der Waals surface area contributed by atoms with E-state index in [9.17, 15) is 24.0 Å². The third-order valence-electron chi connectivity index (χ3n) is 9.81. The summed E-state index contributed by atoms with van der Waals surface area (Å²) in [5, 5.41) is 5.79. The average Bonchev–Trinajstić information content (AvgIpc) is 3.07. The van der Waals surface area contributed by atoms with Crippen LogP contribution in [0.3, 0.4) is 0 Å². The lowest BCUT2D eigenvalue weighted by atomic mass is 9.92. The standard InChI is InChI=1S/C36H51N7O5/c1-23(40(3)4)35(47)42-21-27-15-9-7-13-25(27)19-30(42)33(45)38-18-12-11-17-29(32(37)44)39-34(46)31-20-26-14-8-10-16-28(26)22-43(31)36(48)24(2)41(5)6/h7-10,13-16,23-24,29-31H,11-12,17-22H2,1-6H3,(H2,37,44)(H,38,45)(H,39,46)/t23-,24-,29-,30-,31-/m0/s1. The van der Waals surface area contributed by atoms with Gasteiger partial charge in [-0.15, -0.1) is 0 Å². The van der Waals surface area contributed by atoms with Gasteiger partial charge in [0.2, 0.25) is 29.5 Å². The molecule has 0 spiro atoms. The molecule has 260 valence electrons. The van der Waals surface area contributed by atoms with Crippen molar-refractivity contribution in [1.29, 1.82) is 0 Å². The highest BCUT2D eigenvalue weighted by molar-refractivity contribution is 5.93. The first-order valence-electron chi connectivity index (χ1n) is 16.7. The summed E-state index contributed by atoms with van der Waals surface area (Å²) in [6.07, 6.45) is 2.10. The molecule has 2 heterocycles. The number of nitrogens with two attached hydrogens (primary N) is 1. The Morgan fingerprint density at radius 1 is 0.729 bits per heavy atom. The zero-order valence-electron chi connectivity index (χ0n) is 29.1. The molecule has 2 aromatic carbocycles. The average molecular weight is 662 g/mol. The highest BCUT2D eigenvalue weighted by Crippen LogP contribution is 2.26. The number of fused-ring (bicyclic) bond motifs is 2. The fourth-order valence-electron chi connectivity index (χ4n) is 6.26. The molecule has 4 N–H and O–H groups in total. The Bertz CT molecular complexity index is 1490. The van der Waals surface area contributed by atoms with Gasteiger partial charge in [0.25, 0.3) is 0 Å². The number of nitrogens with zero attached hydrogens (tertiary/aromatic N) is 4. The van der Waals surface area contributed by atoms with Gasteiger partial charge in [0.15, 0.2) is 0 Å². The van der Waals surface area contributed by atoms with Gasteiger partial charge in [-0.05, 0) is 83.6 Å². The Morgan fingerprint density at radius 3 is 1.60 bits per heavy atom. The predicted molar refractivity (Wildman–Crippen MR) is 183 cm³/mol. The van der Waals surface area contributed by atoms with Crippen LogP contribution in [0.1, 0.15) is 55.4 Å². The molecule has 5 amide bonds. The molecule has 0 aliphatic carbocycles. The number of likely N-dealkylation sites (N-methyl/N-ethyl adjacent to an activating group) is 2. The second-order valence-corrected chi connectivity index (χ2v) is 13.4. The topological polar surface area (TPSA) is 148 Å². The minimum absolute atomic E-state index is 0.104. The summed E-state index contributed by atoms with van der Waals surface area (Å²) >= 11 is 0. The molecule has 2 aromatic rings. The summed E-state index contributed by atoms with van der Waals surface area (Å²) < 4.78 is 0. The van der Waals surface area contributed by atoms with Crippen molar-refractivity contribution < 1.29 is 24.0 Å². The molecule has 2 aliphatic rings. The van der Waals surface area contributed by atoms with Crippen LogP contribution in [0.25, 0.3) is 0 Å². The molecule has 12 nitrogen and oxygen atoms in total. The maximum Gasteiger partial charge on any atom is 0.243 e. The van der Waals surface area contributed by atoms with Crippen molar-refractivity contribution in [2.45, 2.75) is 89.3 Å². The van der Waals surface area contributed by atoms with Gasteiger partial charge in [0.05, 0.1) is 12.1 Å². The predicted octanol–water partition coefficient (Wildman–Crippen LogP) is 1.05. The highest BCUT2D eigenvalue weighted by atomic mass is 16.2. The summed E-state index contributed by atoms with van der Waals surface area (Å²) in [7, 11) is 7.31. The van der Waals surface area contributed by atoms with Crippen LogP contribution >= 0.6 is 0 Å². The van der Waals surface area contributed by atoms with E-state index in [1.807, 2.05) is 88.5 Å². The van der Waals surface area contributed by atoms with Gasteiger partial charge in [-0.25, -0.2) is 0 Å². The van der Waals surface area contributed by atoms with Gasteiger partial charge in [-0.3, -0.25) is 33.8 Å². The van der Waals surface area contributed by atoms with Crippen molar-refractivity contribution in [1.82, 2.24) is 30.2 Å². The number of benzene rings is 2. The van der Waals surface area contributed by atoms with Crippen molar-refractivity contribution in [3.8, 4) is 0 Å². The molecule has 4 rings (SSSR count). The van der Waals surface area contributed by atoms with Crippen LogP contribution in [0, 0.1) is 0 Å². The van der Waals surface area contributed by atoms with Crippen molar-refractivity contribution in [2.24, 2.45) is 5.73 Å². The summed E-state index contributed by atoms with van der Waals surface area (Å²) in [6.45, 7) is 4.64. The highest BCUT2D eigenvalue weighted by Gasteiger charge is 2.39. The summed E-state index contributed by atoms with van der Waals surface area (Å²) in [6, 6.07) is 12.5. The van der Waals surface area contributed by atoms with Crippen molar-refractivity contribution in [2.75, 3.05) is 34.7 Å². The molecule has 0 unspecified atom stereocenters. The summed E-state index contributed by atoms with van der Waals surface area (Å²) in [5.74, 6) is -1.58. The van der Waals surface area contributed by atoms with Gasteiger partial charge >= 0.3 is 0 Å². The van der Waals surface area contributed by atoms with Crippen LogP contribution in [0.15, 0.2) is 48.5 Å². The van der Waals surface area contributed by atoms with Crippen molar-refractivity contribution >= 4 is 29.5 Å². The number of amides is 5. The van der Waals surface area contributed by atoms with Crippen molar-refractivity contribution in [3.05, 3.63) is 70.8 Å². The number of carbonyl (C=O) groups excluding carboxylic acids is 5. The molecule has 2 aliphatic heterocycles. The molecule has 0 fully saturated rings. The molecular weight excluding hydrogens is 610 g/mol. The normalized spacial score (nSPS) is 19.2. The zero-order valence-corrected chi connectivity index (χ0v) is 29.1. The number of hydrogen-bond donors (Lipinski definition) is 3. The lowest BCUT2D eigenvalue weighted by Crippen LogP contribution is -2.58. The number of unbranched alkanes of at least 4 members (excludes halogenated alkanes) is 1. The second-order valence-electron chi connectivity index (χ2n) is 13.4. The van der Waals surface area contributed by atoms with Gasteiger partial charge in [0.1, 0.15) is 18.1 Å². The van der Waals surface area contributed by atoms with E-state index in [0.717, 1.165) is 22.3 Å². The third kappa shape index (κ3) is 8.59. The monoisotopic (exact) mass is 661 g/mol. The van der Waals surface area contributed by atoms with E-state index in [1.54, 1.807) is 21.6 Å². The van der Waals surface area contributed by atoms with Crippen LogP contribution in [-0.4, -0.2) is 114 Å². The van der Waals surface area contributed by atoms with E-state index >= 15 is 0 Å². The molecule has 0 saturated carbocycles. The molecule has 48 heavy (non-hydrogen) atoms. The third-order valence-corrected chi connectivity index (χ3v) is 9.81. The van der Waals surface area contributed by atoms with Crippen LogP contribution in [-0.2, 0) is 49.9 Å². The molecule has 0 radical (unpaired) electrons. The van der Waals surface area contributed by atoms with Crippen LogP contribution in [0.2, 0.25) is 0 Å². The minimum Gasteiger partial charge on any atom is -0.368 e. The molecule has 0 bridgehead atoms. The number of carbonyl (C=O) groups is 5. The Labute approximate surface area is 284 Å². The first-order valence-corrected chi connectivity index (χ1v) is 16.7. The lowest BCUT2D eigenvalue weighted by molar-refractivity contribution is -0.145. The number of nitrogens with one attached hydrogen (secondary N) is 2. The Morgan fingerprint density at radius 2 is 1.17 bits per heavy atom. The van der Waals surface area contributed by atoms with Gasteiger partial charge < -0.3 is 26.2 Å². The maximum atomic E-state index is 13.6. The number of primary amides is 1. The van der Waals surface area contributed by atoms with Crippen LogP contribution in [0.5, 0.6) is 0 Å². The van der Waals surface area contributed by atoms with E-state index in [4.69, 9.17) is 5.73 Å². The molecular formula is C36H51N7O5. The Balaban J connectivity index is 1.34. The first kappa shape index (κ1) is 36.5. The van der Waals surface area contributed by atoms with Crippen LogP contribution in [0.4, 0.5) is 0 Å². The minimum atomic E-state index is -0.927. The lowest BCUT2D eigenvalue weighted by Gasteiger charge is -2.39. The van der Waals surface area contributed by atoms with Gasteiger partial charge in [-0.1, -0.05) is 48.5 Å². The van der Waals surface area contributed by atoms with Gasteiger partial charge in [0, 0.05) is 32.5 Å². The van der Waals surface area contributed by atoms with E-state index in [2.05, 4.69) is 10.6 Å². The van der Waals surface area contributed by atoms with Crippen molar-refractivity contribution in [3.63, 3.8) is 0 Å². The second kappa shape index (κ2) is 16.2. The summed E-state index contributed by atoms with van der Waals surface area (Å²) in [4.78, 5) is 73.2. The molecule has 0 saturated heterocycles. The van der Waals surface area contributed by atoms with Gasteiger partial charge in [-0.2, -0.15) is 0 Å². The molecule has 12 heteroatoms.